The van der Waals surface area contributed by atoms with Crippen LogP contribution in [0.5, 0.6) is 0 Å². The minimum absolute atomic E-state index is 0. The Bertz CT molecular complexity index is 576. The molecular formula is H7NaO16P2S2. The minimum atomic E-state index is -5.17. The fraction of sp³-hybridized carbons (Fsp3) is 0. The fourth-order valence-electron chi connectivity index (χ4n) is 0.267. The van der Waals surface area contributed by atoms with Gasteiger partial charge in [-0.25, -0.2) is 19.6 Å². The molecule has 0 aliphatic heterocycles. The van der Waals surface area contributed by atoms with Gasteiger partial charge in [-0.1, -0.05) is 7.96 Å². The molecule has 126 valence electrons. The molecular weight excluding hydrogens is 405 g/mol. The van der Waals surface area contributed by atoms with E-state index in [-0.39, 0.29) is 29.6 Å². The van der Waals surface area contributed by atoms with Gasteiger partial charge in [-0.05, 0) is 0 Å². The molecule has 0 amide bonds. The van der Waals surface area contributed by atoms with Crippen molar-refractivity contribution in [2.24, 2.45) is 0 Å². The zero-order chi connectivity index (χ0) is 16.8. The molecule has 0 aromatic rings. The molecule has 21 heteroatoms. The zero-order valence-corrected chi connectivity index (χ0v) is 11.9. The van der Waals surface area contributed by atoms with Crippen molar-refractivity contribution < 1.29 is 72.7 Å². The van der Waals surface area contributed by atoms with Crippen molar-refractivity contribution in [3.05, 3.63) is 0 Å². The van der Waals surface area contributed by atoms with Gasteiger partial charge in [-0.2, -0.15) is 21.1 Å². The van der Waals surface area contributed by atoms with E-state index >= 15 is 0 Å². The first-order chi connectivity index (χ1) is 8.54. The van der Waals surface area contributed by atoms with E-state index in [1.165, 1.54) is 0 Å². The summed E-state index contributed by atoms with van der Waals surface area (Å²) in [7, 11) is -20.3. The predicted molar refractivity (Wildman–Crippen MR) is 59.1 cm³/mol. The Morgan fingerprint density at radius 1 is 0.905 bits per heavy atom. The number of hydrogen-bond acceptors (Lipinski definition) is 12. The molecule has 21 heavy (non-hydrogen) atoms. The van der Waals surface area contributed by atoms with Gasteiger partial charge in [-0.15, -0.1) is 4.67 Å². The first kappa shape index (κ1) is 26.8. The summed E-state index contributed by atoms with van der Waals surface area (Å²) in [5.74, 6) is 0. The summed E-state index contributed by atoms with van der Waals surface area (Å²) in [6.07, 6.45) is 0. The molecule has 0 aliphatic carbocycles. The van der Waals surface area contributed by atoms with Crippen LogP contribution in [0.25, 0.3) is 0 Å². The normalized spacial score (nSPS) is 15.1. The van der Waals surface area contributed by atoms with E-state index in [1.54, 1.807) is 0 Å². The Hall–Kier alpha value is 0.960. The summed E-state index contributed by atoms with van der Waals surface area (Å²) >= 11 is 0. The monoisotopic (exact) mass is 412 g/mol. The molecule has 0 heterocycles. The molecule has 0 aliphatic rings. The molecule has 0 rings (SSSR count). The second-order valence-corrected chi connectivity index (χ2v) is 7.20. The van der Waals surface area contributed by atoms with Gasteiger partial charge in [0.25, 0.3) is 0 Å². The van der Waals surface area contributed by atoms with Gasteiger partial charge in [0, 0.05) is 0 Å². The molecule has 0 bridgehead atoms. The van der Waals surface area contributed by atoms with E-state index in [0.717, 1.165) is 0 Å². The molecule has 0 saturated carbocycles. The topological polar surface area (TPSA) is 261 Å². The van der Waals surface area contributed by atoms with Crippen molar-refractivity contribution in [2.75, 3.05) is 0 Å². The van der Waals surface area contributed by atoms with Crippen molar-refractivity contribution >= 4 is 66.0 Å². The van der Waals surface area contributed by atoms with Crippen LogP contribution in [0.3, 0.4) is 0 Å². The van der Waals surface area contributed by atoms with Crippen molar-refractivity contribution in [3.8, 4) is 0 Å². The molecule has 0 aromatic carbocycles. The van der Waals surface area contributed by atoms with E-state index in [4.69, 9.17) is 29.7 Å². The Balaban J connectivity index is -0.000000295. The van der Waals surface area contributed by atoms with Crippen LogP contribution in [0.1, 0.15) is 0 Å². The first-order valence-electron chi connectivity index (χ1n) is 3.23. The summed E-state index contributed by atoms with van der Waals surface area (Å²) in [4.78, 5) is 23.7. The fourth-order valence-corrected chi connectivity index (χ4v) is 2.40. The van der Waals surface area contributed by atoms with Gasteiger partial charge >= 0.3 is 66.0 Å². The Morgan fingerprint density at radius 2 is 1.29 bits per heavy atom. The summed E-state index contributed by atoms with van der Waals surface area (Å²) in [5, 5.41) is 14.8. The average Bonchev–Trinajstić information content (AvgIpc) is 2.11. The third kappa shape index (κ3) is 21.0. The Morgan fingerprint density at radius 3 is 1.38 bits per heavy atom. The Kier molecular flexibility index (Phi) is 12.7. The van der Waals surface area contributed by atoms with Crippen LogP contribution in [0.2, 0.25) is 0 Å². The summed E-state index contributed by atoms with van der Waals surface area (Å²) in [6.45, 7) is 0. The van der Waals surface area contributed by atoms with Crippen molar-refractivity contribution in [1.29, 1.82) is 0 Å². The van der Waals surface area contributed by atoms with Gasteiger partial charge in [0.15, 0.2) is 0 Å². The van der Waals surface area contributed by atoms with Crippen LogP contribution in [-0.2, 0) is 46.9 Å². The quantitative estimate of drug-likeness (QED) is 0.0871. The maximum absolute atomic E-state index is 9.97. The van der Waals surface area contributed by atoms with Gasteiger partial charge in [0.1, 0.15) is 0 Å². The number of rotatable bonds is 6. The van der Waals surface area contributed by atoms with Crippen LogP contribution in [-0.4, -0.2) is 76.1 Å². The van der Waals surface area contributed by atoms with E-state index in [2.05, 4.69) is 16.9 Å². The zero-order valence-electron chi connectivity index (χ0n) is 8.48. The van der Waals surface area contributed by atoms with E-state index in [0.29, 0.717) is 0 Å². The average molecular weight is 412 g/mol. The first-order valence-corrected chi connectivity index (χ1v) is 8.95. The van der Waals surface area contributed by atoms with Crippen LogP contribution < -0.4 is 0 Å². The molecule has 0 aromatic heterocycles. The SMILES string of the molecule is O=P(O)(O)OP(=O)(O)OO.O=S(=O)(O)OS(=O)(=O)OO.[NaH]. The van der Waals surface area contributed by atoms with Gasteiger partial charge < -0.3 is 14.7 Å². The predicted octanol–water partition coefficient (Wildman–Crippen LogP) is -2.42. The molecule has 0 fully saturated rings. The third-order valence-electron chi connectivity index (χ3n) is 0.573. The summed E-state index contributed by atoms with van der Waals surface area (Å²) in [5.41, 5.74) is 0. The van der Waals surface area contributed by atoms with Crippen molar-refractivity contribution in [2.45, 2.75) is 0 Å². The van der Waals surface area contributed by atoms with Gasteiger partial charge in [-0.3, -0.25) is 4.55 Å². The van der Waals surface area contributed by atoms with Crippen LogP contribution >= 0.6 is 15.6 Å². The van der Waals surface area contributed by atoms with E-state index in [1.807, 2.05) is 0 Å². The van der Waals surface area contributed by atoms with E-state index in [9.17, 15) is 26.0 Å². The number of phosphoric acid groups is 2. The second kappa shape index (κ2) is 9.96. The third-order valence-corrected chi connectivity index (χ3v) is 3.99. The summed E-state index contributed by atoms with van der Waals surface area (Å²) in [6, 6.07) is 0. The molecule has 1 atom stereocenters. The molecule has 16 nitrogen and oxygen atoms in total. The molecule has 0 radical (unpaired) electrons. The number of hydrogen-bond donors (Lipinski definition) is 6. The molecule has 0 saturated heterocycles. The molecule has 6 N–H and O–H groups in total. The van der Waals surface area contributed by atoms with Crippen molar-refractivity contribution in [3.63, 3.8) is 0 Å². The van der Waals surface area contributed by atoms with Gasteiger partial charge in [0.2, 0.25) is 0 Å². The molecule has 0 spiro atoms. The molecule has 1 unspecified atom stereocenters. The van der Waals surface area contributed by atoms with Crippen LogP contribution in [0, 0.1) is 0 Å². The standard InChI is InChI=1S/Na.H4O8P2.H2O8S2.H/c;2*1-7-10(5,6)8-9(2,3)4;/h;1H,(H,5,6)(H2,2,3,4);1H,(H,2,3,4);. The van der Waals surface area contributed by atoms with Crippen LogP contribution in [0.15, 0.2) is 0 Å². The van der Waals surface area contributed by atoms with Gasteiger partial charge in [0.05, 0.1) is 0 Å². The van der Waals surface area contributed by atoms with Crippen LogP contribution in [0.4, 0.5) is 0 Å². The van der Waals surface area contributed by atoms with Crippen molar-refractivity contribution in [1.82, 2.24) is 0 Å². The summed E-state index contributed by atoms with van der Waals surface area (Å²) < 4.78 is 77.2. The maximum atomic E-state index is 9.97. The second-order valence-electron chi connectivity index (χ2n) is 2.10. The Labute approximate surface area is 138 Å². The van der Waals surface area contributed by atoms with E-state index < -0.39 is 36.4 Å².